The predicted molar refractivity (Wildman–Crippen MR) is 117 cm³/mol. The van der Waals surface area contributed by atoms with Crippen LogP contribution in [-0.4, -0.2) is 28.8 Å². The number of phenols is 1. The number of para-hydroxylation sites is 1. The summed E-state index contributed by atoms with van der Waals surface area (Å²) in [5.41, 5.74) is 3.90. The van der Waals surface area contributed by atoms with Crippen molar-refractivity contribution < 1.29 is 14.6 Å². The number of carbonyl (C=O) groups excluding carboxylic acids is 1. The fraction of sp³-hybridized carbons (Fsp3) is 0.0556. The Balaban J connectivity index is 1.59. The molecule has 0 saturated carbocycles. The van der Waals surface area contributed by atoms with E-state index in [9.17, 15) is 9.90 Å². The van der Waals surface area contributed by atoms with Gasteiger partial charge in [0.1, 0.15) is 17.0 Å². The summed E-state index contributed by atoms with van der Waals surface area (Å²) in [6.07, 6.45) is 3.20. The molecule has 0 radical (unpaired) electrons. The minimum absolute atomic E-state index is 0.169. The van der Waals surface area contributed by atoms with Crippen molar-refractivity contribution in [1.29, 1.82) is 0 Å². The van der Waals surface area contributed by atoms with Crippen LogP contribution in [-0.2, 0) is 4.79 Å². The molecule has 8 heteroatoms. The number of fused-ring (bicyclic) bond motifs is 1. The largest absolute Gasteiger partial charge is 0.506 e. The van der Waals surface area contributed by atoms with Crippen molar-refractivity contribution in [2.45, 2.75) is 0 Å². The van der Waals surface area contributed by atoms with Crippen LogP contribution in [0, 0.1) is 7.14 Å². The van der Waals surface area contributed by atoms with Crippen LogP contribution >= 0.6 is 45.2 Å². The second-order valence-electron chi connectivity index (χ2n) is 5.25. The van der Waals surface area contributed by atoms with Gasteiger partial charge in [-0.15, -0.1) is 0 Å². The van der Waals surface area contributed by atoms with Crippen LogP contribution in [0.3, 0.4) is 0 Å². The molecule has 2 aromatic carbocycles. The second-order valence-corrected chi connectivity index (χ2v) is 7.57. The lowest BCUT2D eigenvalue weighted by Gasteiger charge is -2.07. The van der Waals surface area contributed by atoms with Crippen molar-refractivity contribution in [3.8, 4) is 11.5 Å². The van der Waals surface area contributed by atoms with Gasteiger partial charge in [0.2, 0.25) is 0 Å². The first-order valence-electron chi connectivity index (χ1n) is 7.51. The van der Waals surface area contributed by atoms with Crippen molar-refractivity contribution in [3.05, 3.63) is 61.4 Å². The van der Waals surface area contributed by atoms with E-state index < -0.39 is 0 Å². The normalized spacial score (nSPS) is 11.0. The number of aromatic hydroxyl groups is 1. The SMILES string of the molecule is O=C(COc1cccc2cccnc12)N/N=C/c1cc(I)c(O)c(I)c1. The summed E-state index contributed by atoms with van der Waals surface area (Å²) in [6.45, 7) is -0.169. The molecule has 0 aliphatic heterocycles. The Kier molecular flexibility index (Phi) is 6.25. The average Bonchev–Trinajstić information content (AvgIpc) is 2.64. The minimum atomic E-state index is -0.377. The number of aromatic nitrogens is 1. The van der Waals surface area contributed by atoms with Gasteiger partial charge in [-0.2, -0.15) is 5.10 Å². The van der Waals surface area contributed by atoms with E-state index in [0.29, 0.717) is 18.4 Å². The van der Waals surface area contributed by atoms with Crippen LogP contribution < -0.4 is 10.2 Å². The van der Waals surface area contributed by atoms with Crippen molar-refractivity contribution in [2.24, 2.45) is 5.10 Å². The lowest BCUT2D eigenvalue weighted by atomic mass is 10.2. The van der Waals surface area contributed by atoms with Gasteiger partial charge in [0, 0.05) is 11.6 Å². The maximum absolute atomic E-state index is 11.9. The van der Waals surface area contributed by atoms with Gasteiger partial charge >= 0.3 is 0 Å². The summed E-state index contributed by atoms with van der Waals surface area (Å²) >= 11 is 4.08. The standard InChI is InChI=1S/C18H13I2N3O3/c19-13-7-11(8-14(20)18(13)25)9-22-23-16(24)10-26-15-5-1-3-12-4-2-6-21-17(12)15/h1-9,25H,10H2,(H,23,24)/b22-9+. The summed E-state index contributed by atoms with van der Waals surface area (Å²) in [6, 6.07) is 12.9. The van der Waals surface area contributed by atoms with Gasteiger partial charge in [-0.05, 0) is 75.0 Å². The summed E-state index contributed by atoms with van der Waals surface area (Å²) in [7, 11) is 0. The zero-order valence-corrected chi connectivity index (χ0v) is 17.6. The van der Waals surface area contributed by atoms with E-state index in [2.05, 4.69) is 15.5 Å². The average molecular weight is 573 g/mol. The number of phenolic OH excluding ortho intramolecular Hbond substituents is 1. The molecule has 0 saturated heterocycles. The molecule has 132 valence electrons. The molecule has 3 rings (SSSR count). The Bertz CT molecular complexity index is 964. The third-order valence-electron chi connectivity index (χ3n) is 3.40. The minimum Gasteiger partial charge on any atom is -0.506 e. The molecule has 1 amide bonds. The molecule has 0 fully saturated rings. The first-order chi connectivity index (χ1) is 12.5. The van der Waals surface area contributed by atoms with Gasteiger partial charge in [0.05, 0.1) is 13.4 Å². The van der Waals surface area contributed by atoms with Crippen molar-refractivity contribution in [3.63, 3.8) is 0 Å². The molecular formula is C18H13I2N3O3. The number of hydrazone groups is 1. The number of ether oxygens (including phenoxy) is 1. The van der Waals surface area contributed by atoms with Crippen LogP contribution in [0.25, 0.3) is 10.9 Å². The van der Waals surface area contributed by atoms with Crippen molar-refractivity contribution >= 4 is 68.2 Å². The van der Waals surface area contributed by atoms with Gasteiger partial charge in [0.25, 0.3) is 5.91 Å². The number of hydrogen-bond donors (Lipinski definition) is 2. The van der Waals surface area contributed by atoms with Gasteiger partial charge in [0.15, 0.2) is 6.61 Å². The Morgan fingerprint density at radius 2 is 1.96 bits per heavy atom. The summed E-state index contributed by atoms with van der Waals surface area (Å²) < 4.78 is 6.99. The maximum atomic E-state index is 11.9. The third-order valence-corrected chi connectivity index (χ3v) is 5.04. The van der Waals surface area contributed by atoms with Crippen LogP contribution in [0.2, 0.25) is 0 Å². The number of halogens is 2. The zero-order valence-electron chi connectivity index (χ0n) is 13.3. The number of rotatable bonds is 5. The van der Waals surface area contributed by atoms with E-state index in [1.54, 1.807) is 24.4 Å². The number of nitrogens with zero attached hydrogens (tertiary/aromatic N) is 2. The van der Waals surface area contributed by atoms with Gasteiger partial charge in [-0.25, -0.2) is 5.43 Å². The monoisotopic (exact) mass is 573 g/mol. The van der Waals surface area contributed by atoms with E-state index in [0.717, 1.165) is 10.9 Å². The summed E-state index contributed by atoms with van der Waals surface area (Å²) in [5.74, 6) is 0.409. The molecule has 26 heavy (non-hydrogen) atoms. The van der Waals surface area contributed by atoms with Gasteiger partial charge in [-0.1, -0.05) is 18.2 Å². The van der Waals surface area contributed by atoms with Crippen LogP contribution in [0.4, 0.5) is 0 Å². The number of carbonyl (C=O) groups is 1. The molecule has 6 nitrogen and oxygen atoms in total. The highest BCUT2D eigenvalue weighted by Gasteiger charge is 2.07. The molecule has 1 aromatic heterocycles. The van der Waals surface area contributed by atoms with E-state index in [-0.39, 0.29) is 18.3 Å². The van der Waals surface area contributed by atoms with Crippen LogP contribution in [0.15, 0.2) is 53.8 Å². The Labute approximate surface area is 176 Å². The molecule has 2 N–H and O–H groups in total. The molecule has 1 heterocycles. The quantitative estimate of drug-likeness (QED) is 0.278. The Morgan fingerprint density at radius 3 is 2.73 bits per heavy atom. The molecule has 0 spiro atoms. The summed E-state index contributed by atoms with van der Waals surface area (Å²) in [5, 5.41) is 14.6. The van der Waals surface area contributed by atoms with Gasteiger partial charge < -0.3 is 9.84 Å². The molecule has 0 aliphatic carbocycles. The molecule has 3 aromatic rings. The molecule has 0 aliphatic rings. The smallest absolute Gasteiger partial charge is 0.277 e. The highest BCUT2D eigenvalue weighted by Crippen LogP contribution is 2.26. The third kappa shape index (κ3) is 4.61. The molecular weight excluding hydrogens is 560 g/mol. The lowest BCUT2D eigenvalue weighted by Crippen LogP contribution is -2.24. The highest BCUT2D eigenvalue weighted by atomic mass is 127. The molecule has 0 atom stereocenters. The Morgan fingerprint density at radius 1 is 1.23 bits per heavy atom. The first-order valence-corrected chi connectivity index (χ1v) is 9.67. The zero-order chi connectivity index (χ0) is 18.5. The number of pyridine rings is 1. The molecule has 0 bridgehead atoms. The number of amides is 1. The Hall–Kier alpha value is -1.95. The molecule has 0 unspecified atom stereocenters. The van der Waals surface area contributed by atoms with Crippen LogP contribution in [0.5, 0.6) is 11.5 Å². The fourth-order valence-corrected chi connectivity index (χ4v) is 4.02. The predicted octanol–water partition coefficient (Wildman–Crippen LogP) is 3.68. The van der Waals surface area contributed by atoms with E-state index >= 15 is 0 Å². The maximum Gasteiger partial charge on any atom is 0.277 e. The topological polar surface area (TPSA) is 83.8 Å². The first kappa shape index (κ1) is 18.8. The number of hydrogen-bond acceptors (Lipinski definition) is 5. The second kappa shape index (κ2) is 8.62. The van der Waals surface area contributed by atoms with Crippen molar-refractivity contribution in [1.82, 2.24) is 10.4 Å². The van der Waals surface area contributed by atoms with Crippen molar-refractivity contribution in [2.75, 3.05) is 6.61 Å². The fourth-order valence-electron chi connectivity index (χ4n) is 2.21. The van der Waals surface area contributed by atoms with E-state index in [4.69, 9.17) is 4.74 Å². The highest BCUT2D eigenvalue weighted by molar-refractivity contribution is 14.1. The number of benzene rings is 2. The van der Waals surface area contributed by atoms with E-state index in [1.165, 1.54) is 6.21 Å². The number of nitrogens with one attached hydrogen (secondary N) is 1. The van der Waals surface area contributed by atoms with E-state index in [1.807, 2.05) is 69.4 Å². The summed E-state index contributed by atoms with van der Waals surface area (Å²) in [4.78, 5) is 16.2. The lowest BCUT2D eigenvalue weighted by molar-refractivity contribution is -0.123. The van der Waals surface area contributed by atoms with Crippen LogP contribution in [0.1, 0.15) is 5.56 Å². The van der Waals surface area contributed by atoms with Gasteiger partial charge in [-0.3, -0.25) is 9.78 Å².